The maximum atomic E-state index is 13.0. The zero-order chi connectivity index (χ0) is 15.4. The van der Waals surface area contributed by atoms with Gasteiger partial charge in [0.25, 0.3) is 5.91 Å². The molecule has 0 unspecified atom stereocenters. The summed E-state index contributed by atoms with van der Waals surface area (Å²) in [6.45, 7) is 4.95. The summed E-state index contributed by atoms with van der Waals surface area (Å²) in [5.74, 6) is 0.163. The molecule has 0 atom stereocenters. The van der Waals surface area contributed by atoms with Crippen LogP contribution in [0.1, 0.15) is 54.9 Å². The zero-order valence-electron chi connectivity index (χ0n) is 12.9. The van der Waals surface area contributed by atoms with Gasteiger partial charge in [0.2, 0.25) is 0 Å². The van der Waals surface area contributed by atoms with Crippen molar-refractivity contribution < 1.29 is 4.79 Å². The van der Waals surface area contributed by atoms with Gasteiger partial charge in [0.1, 0.15) is 0 Å². The first-order valence-electron chi connectivity index (χ1n) is 7.85. The molecule has 116 valence electrons. The molecule has 0 heterocycles. The molecular weight excluding hydrogens is 328 g/mol. The Morgan fingerprint density at radius 2 is 2.00 bits per heavy atom. The molecule has 2 rings (SSSR count). The summed E-state index contributed by atoms with van der Waals surface area (Å²) < 4.78 is 0.957. The minimum atomic E-state index is 0.163. The van der Waals surface area contributed by atoms with Crippen molar-refractivity contribution >= 4 is 21.8 Å². The van der Waals surface area contributed by atoms with Gasteiger partial charge in [-0.25, -0.2) is 0 Å². The molecule has 1 aromatic carbocycles. The molecule has 1 amide bonds. The third-order valence-electron chi connectivity index (χ3n) is 4.34. The fourth-order valence-electron chi connectivity index (χ4n) is 3.08. The van der Waals surface area contributed by atoms with Crippen LogP contribution in [0.5, 0.6) is 0 Å². The van der Waals surface area contributed by atoms with Crippen LogP contribution in [-0.4, -0.2) is 29.4 Å². The number of carbonyl (C=O) groups excluding carboxylic acids is 1. The predicted octanol–water partition coefficient (Wildman–Crippen LogP) is 3.88. The molecule has 4 heteroatoms. The fourth-order valence-corrected chi connectivity index (χ4v) is 3.44. The van der Waals surface area contributed by atoms with Gasteiger partial charge in [0, 0.05) is 28.7 Å². The Morgan fingerprint density at radius 1 is 1.33 bits per heavy atom. The molecule has 0 radical (unpaired) electrons. The van der Waals surface area contributed by atoms with Gasteiger partial charge in [0.15, 0.2) is 0 Å². The van der Waals surface area contributed by atoms with Crippen LogP contribution in [0.4, 0.5) is 0 Å². The van der Waals surface area contributed by atoms with Crippen molar-refractivity contribution in [1.82, 2.24) is 4.90 Å². The second-order valence-electron chi connectivity index (χ2n) is 6.03. The molecule has 1 saturated carbocycles. The molecule has 1 fully saturated rings. The summed E-state index contributed by atoms with van der Waals surface area (Å²) in [6.07, 6.45) is 5.09. The SMILES string of the molecule is CCCN(C(=O)c1cc(Br)ccc1C)C1CCC(N)CC1. The molecule has 0 bridgehead atoms. The summed E-state index contributed by atoms with van der Waals surface area (Å²) in [6, 6.07) is 6.58. The molecule has 1 aromatic rings. The number of nitrogens with two attached hydrogens (primary N) is 1. The minimum absolute atomic E-state index is 0.163. The maximum absolute atomic E-state index is 13.0. The van der Waals surface area contributed by atoms with E-state index in [-0.39, 0.29) is 5.91 Å². The number of nitrogens with zero attached hydrogens (tertiary/aromatic N) is 1. The van der Waals surface area contributed by atoms with Crippen LogP contribution in [-0.2, 0) is 0 Å². The van der Waals surface area contributed by atoms with Crippen LogP contribution < -0.4 is 5.73 Å². The predicted molar refractivity (Wildman–Crippen MR) is 90.4 cm³/mol. The molecule has 2 N–H and O–H groups in total. The normalized spacial score (nSPS) is 22.1. The molecule has 0 aliphatic heterocycles. The smallest absolute Gasteiger partial charge is 0.254 e. The van der Waals surface area contributed by atoms with Crippen LogP contribution >= 0.6 is 15.9 Å². The second kappa shape index (κ2) is 7.41. The molecule has 3 nitrogen and oxygen atoms in total. The van der Waals surface area contributed by atoms with E-state index in [4.69, 9.17) is 5.73 Å². The summed E-state index contributed by atoms with van der Waals surface area (Å²) in [5.41, 5.74) is 7.84. The van der Waals surface area contributed by atoms with Gasteiger partial charge in [-0.05, 0) is 56.7 Å². The maximum Gasteiger partial charge on any atom is 0.254 e. The van der Waals surface area contributed by atoms with Crippen molar-refractivity contribution in [2.45, 2.75) is 58.0 Å². The first-order chi connectivity index (χ1) is 10.0. The average Bonchev–Trinajstić information content (AvgIpc) is 2.48. The van der Waals surface area contributed by atoms with Gasteiger partial charge < -0.3 is 10.6 Å². The van der Waals surface area contributed by atoms with Crippen LogP contribution in [0.2, 0.25) is 0 Å². The first kappa shape index (κ1) is 16.5. The standard InChI is InChI=1S/C17H25BrN2O/c1-3-10-20(15-8-6-14(19)7-9-15)17(21)16-11-13(18)5-4-12(16)2/h4-5,11,14-15H,3,6-10,19H2,1-2H3. The average molecular weight is 353 g/mol. The van der Waals surface area contributed by atoms with Crippen molar-refractivity contribution in [2.75, 3.05) is 6.54 Å². The Kier molecular flexibility index (Phi) is 5.82. The van der Waals surface area contributed by atoms with Crippen molar-refractivity contribution in [2.24, 2.45) is 5.73 Å². The third-order valence-corrected chi connectivity index (χ3v) is 4.83. The lowest BCUT2D eigenvalue weighted by Gasteiger charge is -2.36. The second-order valence-corrected chi connectivity index (χ2v) is 6.94. The van der Waals surface area contributed by atoms with Gasteiger partial charge in [-0.2, -0.15) is 0 Å². The lowest BCUT2D eigenvalue weighted by molar-refractivity contribution is 0.0626. The van der Waals surface area contributed by atoms with E-state index < -0.39 is 0 Å². The number of rotatable bonds is 4. The lowest BCUT2D eigenvalue weighted by Crippen LogP contribution is -2.44. The quantitative estimate of drug-likeness (QED) is 0.893. The highest BCUT2D eigenvalue weighted by Crippen LogP contribution is 2.25. The monoisotopic (exact) mass is 352 g/mol. The topological polar surface area (TPSA) is 46.3 Å². The van der Waals surface area contributed by atoms with E-state index in [2.05, 4.69) is 27.8 Å². The third kappa shape index (κ3) is 4.07. The van der Waals surface area contributed by atoms with Gasteiger partial charge in [0.05, 0.1) is 0 Å². The van der Waals surface area contributed by atoms with Gasteiger partial charge in [-0.3, -0.25) is 4.79 Å². The number of hydrogen-bond acceptors (Lipinski definition) is 2. The molecule has 21 heavy (non-hydrogen) atoms. The number of halogens is 1. The highest BCUT2D eigenvalue weighted by molar-refractivity contribution is 9.10. The van der Waals surface area contributed by atoms with Crippen LogP contribution in [0, 0.1) is 6.92 Å². The number of benzene rings is 1. The van der Waals surface area contributed by atoms with Crippen molar-refractivity contribution in [3.05, 3.63) is 33.8 Å². The number of carbonyl (C=O) groups is 1. The number of hydrogen-bond donors (Lipinski definition) is 1. The highest BCUT2D eigenvalue weighted by atomic mass is 79.9. The van der Waals surface area contributed by atoms with E-state index in [0.717, 1.165) is 54.2 Å². The summed E-state index contributed by atoms with van der Waals surface area (Å²) in [4.78, 5) is 15.0. The van der Waals surface area contributed by atoms with Crippen molar-refractivity contribution in [3.63, 3.8) is 0 Å². The Hall–Kier alpha value is -0.870. The van der Waals surface area contributed by atoms with Crippen molar-refractivity contribution in [1.29, 1.82) is 0 Å². The van der Waals surface area contributed by atoms with Gasteiger partial charge >= 0.3 is 0 Å². The largest absolute Gasteiger partial charge is 0.336 e. The zero-order valence-corrected chi connectivity index (χ0v) is 14.5. The van der Waals surface area contributed by atoms with Crippen LogP contribution in [0.3, 0.4) is 0 Å². The van der Waals surface area contributed by atoms with E-state index in [1.807, 2.05) is 25.1 Å². The van der Waals surface area contributed by atoms with E-state index in [9.17, 15) is 4.79 Å². The minimum Gasteiger partial charge on any atom is -0.336 e. The van der Waals surface area contributed by atoms with E-state index in [1.54, 1.807) is 0 Å². The van der Waals surface area contributed by atoms with E-state index in [0.29, 0.717) is 12.1 Å². The lowest BCUT2D eigenvalue weighted by atomic mass is 9.90. The molecule has 0 saturated heterocycles. The summed E-state index contributed by atoms with van der Waals surface area (Å²) in [7, 11) is 0. The number of aryl methyl sites for hydroxylation is 1. The Morgan fingerprint density at radius 3 is 2.62 bits per heavy atom. The van der Waals surface area contributed by atoms with E-state index >= 15 is 0 Å². The summed E-state index contributed by atoms with van der Waals surface area (Å²) >= 11 is 3.47. The van der Waals surface area contributed by atoms with Crippen molar-refractivity contribution in [3.8, 4) is 0 Å². The van der Waals surface area contributed by atoms with Crippen LogP contribution in [0.15, 0.2) is 22.7 Å². The Balaban J connectivity index is 2.20. The van der Waals surface area contributed by atoms with E-state index in [1.165, 1.54) is 0 Å². The first-order valence-corrected chi connectivity index (χ1v) is 8.65. The highest BCUT2D eigenvalue weighted by Gasteiger charge is 2.28. The molecule has 0 aromatic heterocycles. The fraction of sp³-hybridized carbons (Fsp3) is 0.588. The van der Waals surface area contributed by atoms with Gasteiger partial charge in [-0.15, -0.1) is 0 Å². The molecule has 1 aliphatic carbocycles. The molecular formula is C17H25BrN2O. The van der Waals surface area contributed by atoms with Gasteiger partial charge in [-0.1, -0.05) is 28.9 Å². The number of amides is 1. The van der Waals surface area contributed by atoms with Crippen LogP contribution in [0.25, 0.3) is 0 Å². The molecule has 1 aliphatic rings. The summed E-state index contributed by atoms with van der Waals surface area (Å²) in [5, 5.41) is 0. The Labute approximate surface area is 136 Å². The molecule has 0 spiro atoms. The Bertz CT molecular complexity index is 496.